The molecule has 0 spiro atoms. The van der Waals surface area contributed by atoms with Crippen LogP contribution in [-0.4, -0.2) is 15.6 Å². The van der Waals surface area contributed by atoms with Crippen LogP contribution in [0.3, 0.4) is 0 Å². The molecule has 0 N–H and O–H groups in total. The van der Waals surface area contributed by atoms with E-state index in [1.165, 1.54) is 10.8 Å². The first-order valence-corrected chi connectivity index (χ1v) is 7.39. The molecule has 0 saturated heterocycles. The quantitative estimate of drug-likeness (QED) is 0.523. The summed E-state index contributed by atoms with van der Waals surface area (Å²) in [5.41, 5.74) is 1.63. The number of hydrogen-bond donors (Lipinski definition) is 0. The number of benzene rings is 2. The Kier molecular flexibility index (Phi) is 3.88. The second-order valence-electron chi connectivity index (χ2n) is 5.61. The van der Waals surface area contributed by atoms with Gasteiger partial charge in [-0.05, 0) is 42.3 Å². The van der Waals surface area contributed by atoms with Crippen LogP contribution in [0.25, 0.3) is 16.8 Å². The monoisotopic (exact) mass is 290 g/mol. The summed E-state index contributed by atoms with van der Waals surface area (Å²) in [4.78, 5) is 12.2. The van der Waals surface area contributed by atoms with Crippen LogP contribution in [0.4, 0.5) is 0 Å². The molecule has 3 aromatic rings. The number of fused-ring (bicyclic) bond motifs is 1. The maximum Gasteiger partial charge on any atom is 0.189 e. The summed E-state index contributed by atoms with van der Waals surface area (Å²) in [7, 11) is 0. The molecule has 0 amide bonds. The van der Waals surface area contributed by atoms with Crippen molar-refractivity contribution < 1.29 is 4.79 Å². The predicted molar refractivity (Wildman–Crippen MR) is 89.9 cm³/mol. The summed E-state index contributed by atoms with van der Waals surface area (Å²) in [6.45, 7) is 4.07. The molecule has 3 nitrogen and oxygen atoms in total. The largest absolute Gasteiger partial charge is 0.289 e. The van der Waals surface area contributed by atoms with Crippen LogP contribution >= 0.6 is 0 Å². The second-order valence-corrected chi connectivity index (χ2v) is 5.61. The molecule has 0 fully saturated rings. The van der Waals surface area contributed by atoms with Gasteiger partial charge in [0.2, 0.25) is 0 Å². The molecule has 1 heterocycles. The molecule has 22 heavy (non-hydrogen) atoms. The van der Waals surface area contributed by atoms with Crippen LogP contribution < -0.4 is 0 Å². The fraction of sp³-hybridized carbons (Fsp3) is 0.158. The lowest BCUT2D eigenvalue weighted by atomic mass is 10.1. The fourth-order valence-corrected chi connectivity index (χ4v) is 2.33. The van der Waals surface area contributed by atoms with Crippen LogP contribution in [0.5, 0.6) is 0 Å². The Balaban J connectivity index is 1.80. The summed E-state index contributed by atoms with van der Waals surface area (Å²) >= 11 is 0. The van der Waals surface area contributed by atoms with Gasteiger partial charge in [0.05, 0.1) is 11.8 Å². The van der Waals surface area contributed by atoms with Gasteiger partial charge in [-0.25, -0.2) is 0 Å². The summed E-state index contributed by atoms with van der Waals surface area (Å²) in [5, 5.41) is 6.56. The van der Waals surface area contributed by atoms with Crippen molar-refractivity contribution in [3.05, 3.63) is 72.1 Å². The van der Waals surface area contributed by atoms with Crippen molar-refractivity contribution in [3.8, 4) is 0 Å². The molecular formula is C19H18N2O. The molecule has 0 aliphatic rings. The van der Waals surface area contributed by atoms with Gasteiger partial charge < -0.3 is 0 Å². The Morgan fingerprint density at radius 3 is 2.64 bits per heavy atom. The normalized spacial score (nSPS) is 11.6. The van der Waals surface area contributed by atoms with E-state index in [1.54, 1.807) is 23.2 Å². The van der Waals surface area contributed by atoms with Gasteiger partial charge in [-0.2, -0.15) is 5.10 Å². The summed E-state index contributed by atoms with van der Waals surface area (Å²) < 4.78 is 1.79. The highest BCUT2D eigenvalue weighted by Crippen LogP contribution is 2.17. The van der Waals surface area contributed by atoms with Crippen LogP contribution in [0.1, 0.15) is 35.8 Å². The molecule has 3 heteroatoms. The first-order valence-electron chi connectivity index (χ1n) is 7.39. The van der Waals surface area contributed by atoms with Crippen molar-refractivity contribution in [1.29, 1.82) is 0 Å². The lowest BCUT2D eigenvalue weighted by molar-refractivity contribution is 0.104. The highest BCUT2D eigenvalue weighted by atomic mass is 16.1. The molecular weight excluding hydrogens is 272 g/mol. The van der Waals surface area contributed by atoms with Gasteiger partial charge >= 0.3 is 0 Å². The minimum atomic E-state index is -0.0277. The van der Waals surface area contributed by atoms with Crippen LogP contribution in [-0.2, 0) is 0 Å². The summed E-state index contributed by atoms with van der Waals surface area (Å²) in [6.07, 6.45) is 6.86. The van der Waals surface area contributed by atoms with Crippen LogP contribution in [0.15, 0.2) is 60.9 Å². The third-order valence-corrected chi connectivity index (χ3v) is 3.62. The van der Waals surface area contributed by atoms with Gasteiger partial charge in [-0.1, -0.05) is 42.5 Å². The fourth-order valence-electron chi connectivity index (χ4n) is 2.33. The van der Waals surface area contributed by atoms with Crippen molar-refractivity contribution in [2.45, 2.75) is 19.9 Å². The van der Waals surface area contributed by atoms with E-state index in [0.29, 0.717) is 5.56 Å². The molecule has 0 atom stereocenters. The van der Waals surface area contributed by atoms with E-state index in [1.807, 2.05) is 38.1 Å². The van der Waals surface area contributed by atoms with Crippen molar-refractivity contribution in [3.63, 3.8) is 0 Å². The van der Waals surface area contributed by atoms with Crippen LogP contribution in [0.2, 0.25) is 0 Å². The maximum atomic E-state index is 12.2. The van der Waals surface area contributed by atoms with Crippen molar-refractivity contribution in [2.24, 2.45) is 0 Å². The first-order chi connectivity index (χ1) is 10.6. The standard InChI is InChI=1S/C19H18N2O/c1-14(2)21-13-18(12-20-21)19(22)10-8-15-7-9-16-5-3-4-6-17(16)11-15/h3-14H,1-2H3/b10-8+. The zero-order valence-corrected chi connectivity index (χ0v) is 12.7. The zero-order chi connectivity index (χ0) is 15.5. The number of carbonyl (C=O) groups excluding carboxylic acids is 1. The summed E-state index contributed by atoms with van der Waals surface area (Å²) in [6, 6.07) is 14.6. The van der Waals surface area contributed by atoms with E-state index < -0.39 is 0 Å². The number of rotatable bonds is 4. The van der Waals surface area contributed by atoms with E-state index in [-0.39, 0.29) is 11.8 Å². The van der Waals surface area contributed by atoms with Crippen molar-refractivity contribution in [2.75, 3.05) is 0 Å². The Labute approximate surface area is 129 Å². The Morgan fingerprint density at radius 2 is 1.91 bits per heavy atom. The highest BCUT2D eigenvalue weighted by Gasteiger charge is 2.07. The Bertz CT molecular complexity index is 843. The van der Waals surface area contributed by atoms with Gasteiger partial charge in [0, 0.05) is 12.2 Å². The number of nitrogens with zero attached hydrogens (tertiary/aromatic N) is 2. The minimum absolute atomic E-state index is 0.0277. The molecule has 0 bridgehead atoms. The number of carbonyl (C=O) groups is 1. The van der Waals surface area contributed by atoms with Crippen molar-refractivity contribution >= 4 is 22.6 Å². The number of hydrogen-bond acceptors (Lipinski definition) is 2. The lowest BCUT2D eigenvalue weighted by Crippen LogP contribution is -2.00. The van der Waals surface area contributed by atoms with Gasteiger partial charge in [-0.3, -0.25) is 9.48 Å². The second kappa shape index (κ2) is 5.98. The smallest absolute Gasteiger partial charge is 0.189 e. The SMILES string of the molecule is CC(C)n1cc(C(=O)/C=C/c2ccc3ccccc3c2)cn1. The predicted octanol–water partition coefficient (Wildman–Crippen LogP) is 4.51. The van der Waals surface area contributed by atoms with E-state index in [9.17, 15) is 4.79 Å². The number of ketones is 1. The molecule has 110 valence electrons. The van der Waals surface area contributed by atoms with E-state index in [0.717, 1.165) is 5.56 Å². The highest BCUT2D eigenvalue weighted by molar-refractivity contribution is 6.06. The van der Waals surface area contributed by atoms with Gasteiger partial charge in [-0.15, -0.1) is 0 Å². The van der Waals surface area contributed by atoms with E-state index >= 15 is 0 Å². The molecule has 0 unspecified atom stereocenters. The molecule has 0 aliphatic carbocycles. The minimum Gasteiger partial charge on any atom is -0.289 e. The Morgan fingerprint density at radius 1 is 1.14 bits per heavy atom. The van der Waals surface area contributed by atoms with E-state index in [4.69, 9.17) is 0 Å². The lowest BCUT2D eigenvalue weighted by Gasteiger charge is -2.02. The first kappa shape index (κ1) is 14.3. The molecule has 3 rings (SSSR count). The van der Waals surface area contributed by atoms with Crippen LogP contribution in [0, 0.1) is 0 Å². The molecule has 0 radical (unpaired) electrons. The van der Waals surface area contributed by atoms with Gasteiger partial charge in [0.1, 0.15) is 0 Å². The molecule has 0 saturated carbocycles. The zero-order valence-electron chi connectivity index (χ0n) is 12.7. The van der Waals surface area contributed by atoms with Gasteiger partial charge in [0.25, 0.3) is 0 Å². The third-order valence-electron chi connectivity index (χ3n) is 3.62. The molecule has 0 aliphatic heterocycles. The Hall–Kier alpha value is -2.68. The molecule has 1 aromatic heterocycles. The third kappa shape index (κ3) is 2.98. The number of allylic oxidation sites excluding steroid dienone is 1. The average Bonchev–Trinajstić information content (AvgIpc) is 3.03. The number of aromatic nitrogens is 2. The topological polar surface area (TPSA) is 34.9 Å². The average molecular weight is 290 g/mol. The van der Waals surface area contributed by atoms with Gasteiger partial charge in [0.15, 0.2) is 5.78 Å². The maximum absolute atomic E-state index is 12.2. The summed E-state index contributed by atoms with van der Waals surface area (Å²) in [5.74, 6) is -0.0277. The van der Waals surface area contributed by atoms with Crippen molar-refractivity contribution in [1.82, 2.24) is 9.78 Å². The molecule has 2 aromatic carbocycles. The van der Waals surface area contributed by atoms with E-state index in [2.05, 4.69) is 29.4 Å².